The molecule has 96 valence electrons. The van der Waals surface area contributed by atoms with Gasteiger partial charge in [-0.1, -0.05) is 6.07 Å². The van der Waals surface area contributed by atoms with Gasteiger partial charge in [-0.3, -0.25) is 4.79 Å². The predicted molar refractivity (Wildman–Crippen MR) is 72.2 cm³/mol. The Morgan fingerprint density at radius 2 is 2.06 bits per heavy atom. The van der Waals surface area contributed by atoms with Crippen LogP contribution in [-0.2, 0) is 4.79 Å². The Labute approximate surface area is 106 Å². The van der Waals surface area contributed by atoms with Crippen LogP contribution in [0.15, 0.2) is 18.2 Å². The monoisotopic (exact) mass is 246 g/mol. The van der Waals surface area contributed by atoms with Crippen LogP contribution >= 0.6 is 0 Å². The van der Waals surface area contributed by atoms with Crippen molar-refractivity contribution in [2.75, 3.05) is 36.0 Å². The van der Waals surface area contributed by atoms with Crippen LogP contribution in [0.5, 0.6) is 0 Å². The summed E-state index contributed by atoms with van der Waals surface area (Å²) < 4.78 is 0. The summed E-state index contributed by atoms with van der Waals surface area (Å²) in [5.74, 6) is 0.292. The number of para-hydroxylation sites is 1. The molecule has 5 heteroatoms. The van der Waals surface area contributed by atoms with E-state index >= 15 is 0 Å². The van der Waals surface area contributed by atoms with Crippen molar-refractivity contribution in [3.8, 4) is 0 Å². The van der Waals surface area contributed by atoms with Gasteiger partial charge in [0.15, 0.2) is 0 Å². The van der Waals surface area contributed by atoms with Crippen LogP contribution in [0, 0.1) is 0 Å². The van der Waals surface area contributed by atoms with Gasteiger partial charge >= 0.3 is 0 Å². The second kappa shape index (κ2) is 4.08. The molecule has 4 N–H and O–H groups in total. The highest BCUT2D eigenvalue weighted by Gasteiger charge is 2.35. The van der Waals surface area contributed by atoms with E-state index in [-0.39, 0.29) is 0 Å². The van der Waals surface area contributed by atoms with Crippen molar-refractivity contribution in [1.29, 1.82) is 0 Å². The normalized spacial score (nSPS) is 23.3. The number of carbonyl (C=O) groups is 1. The van der Waals surface area contributed by atoms with Crippen LogP contribution in [0.3, 0.4) is 0 Å². The summed E-state index contributed by atoms with van der Waals surface area (Å²) >= 11 is 0. The highest BCUT2D eigenvalue weighted by molar-refractivity contribution is 5.81. The number of hydrogen-bond acceptors (Lipinski definition) is 4. The fraction of sp³-hybridized carbons (Fsp3) is 0.462. The summed E-state index contributed by atoms with van der Waals surface area (Å²) in [7, 11) is 0. The molecule has 2 saturated heterocycles. The first kappa shape index (κ1) is 11.2. The highest BCUT2D eigenvalue weighted by Crippen LogP contribution is 2.32. The smallest absolute Gasteiger partial charge is 0.223 e. The van der Waals surface area contributed by atoms with Crippen molar-refractivity contribution < 1.29 is 4.79 Å². The molecular weight excluding hydrogens is 228 g/mol. The number of anilines is 3. The van der Waals surface area contributed by atoms with Gasteiger partial charge < -0.3 is 21.3 Å². The number of amides is 1. The van der Waals surface area contributed by atoms with E-state index in [4.69, 9.17) is 11.5 Å². The van der Waals surface area contributed by atoms with E-state index in [0.717, 1.165) is 31.7 Å². The molecule has 0 aromatic heterocycles. The average molecular weight is 246 g/mol. The Morgan fingerprint density at radius 3 is 2.89 bits per heavy atom. The standard InChI is InChI=1S/C13H18N4O/c14-10-2-1-3-11(13(10)15)16-6-7-17-9(8-16)4-5-12(17)18/h1-3,9H,4-8,14-15H2. The van der Waals surface area contributed by atoms with Gasteiger partial charge in [-0.05, 0) is 18.6 Å². The van der Waals surface area contributed by atoms with Crippen molar-refractivity contribution in [1.82, 2.24) is 4.90 Å². The minimum atomic E-state index is 0.292. The Bertz CT molecular complexity index is 488. The minimum Gasteiger partial charge on any atom is -0.397 e. The third-order valence-electron chi connectivity index (χ3n) is 3.95. The molecular formula is C13H18N4O. The second-order valence-electron chi connectivity index (χ2n) is 5.01. The van der Waals surface area contributed by atoms with Crippen molar-refractivity contribution in [2.24, 2.45) is 0 Å². The lowest BCUT2D eigenvalue weighted by Crippen LogP contribution is -2.51. The Morgan fingerprint density at radius 1 is 1.22 bits per heavy atom. The molecule has 18 heavy (non-hydrogen) atoms. The maximum absolute atomic E-state index is 11.6. The molecule has 0 saturated carbocycles. The molecule has 0 aliphatic carbocycles. The van der Waals surface area contributed by atoms with Gasteiger partial charge in [0.25, 0.3) is 0 Å². The molecule has 1 atom stereocenters. The van der Waals surface area contributed by atoms with E-state index < -0.39 is 0 Å². The number of benzene rings is 1. The molecule has 1 aromatic carbocycles. The number of hydrogen-bond donors (Lipinski definition) is 2. The van der Waals surface area contributed by atoms with E-state index in [2.05, 4.69) is 4.90 Å². The zero-order chi connectivity index (χ0) is 12.7. The lowest BCUT2D eigenvalue weighted by Gasteiger charge is -2.39. The van der Waals surface area contributed by atoms with E-state index in [0.29, 0.717) is 29.7 Å². The lowest BCUT2D eigenvalue weighted by molar-refractivity contribution is -0.129. The van der Waals surface area contributed by atoms with E-state index in [1.807, 2.05) is 23.1 Å². The van der Waals surface area contributed by atoms with Crippen LogP contribution in [0.2, 0.25) is 0 Å². The lowest BCUT2D eigenvalue weighted by atomic mass is 10.1. The second-order valence-corrected chi connectivity index (χ2v) is 5.01. The molecule has 1 amide bonds. The number of nitrogen functional groups attached to an aromatic ring is 2. The van der Waals surface area contributed by atoms with Crippen LogP contribution < -0.4 is 16.4 Å². The number of piperazine rings is 1. The van der Waals surface area contributed by atoms with E-state index in [9.17, 15) is 4.79 Å². The van der Waals surface area contributed by atoms with Gasteiger partial charge in [-0.2, -0.15) is 0 Å². The molecule has 5 nitrogen and oxygen atoms in total. The van der Waals surface area contributed by atoms with Crippen molar-refractivity contribution in [2.45, 2.75) is 18.9 Å². The predicted octanol–water partition coefficient (Wildman–Crippen LogP) is 0.662. The molecule has 2 aliphatic heterocycles. The molecule has 0 radical (unpaired) electrons. The number of nitrogens with two attached hydrogens (primary N) is 2. The fourth-order valence-corrected chi connectivity index (χ4v) is 2.93. The molecule has 2 fully saturated rings. The first-order chi connectivity index (χ1) is 8.66. The molecule has 0 bridgehead atoms. The first-order valence-corrected chi connectivity index (χ1v) is 6.35. The Hall–Kier alpha value is -1.91. The van der Waals surface area contributed by atoms with Gasteiger partial charge in [-0.15, -0.1) is 0 Å². The maximum Gasteiger partial charge on any atom is 0.223 e. The van der Waals surface area contributed by atoms with Crippen molar-refractivity contribution >= 4 is 23.0 Å². The fourth-order valence-electron chi connectivity index (χ4n) is 2.93. The van der Waals surface area contributed by atoms with Crippen LogP contribution in [-0.4, -0.2) is 36.5 Å². The zero-order valence-corrected chi connectivity index (χ0v) is 10.3. The Kier molecular flexibility index (Phi) is 2.54. The SMILES string of the molecule is Nc1cccc(N2CCN3C(=O)CCC3C2)c1N. The largest absolute Gasteiger partial charge is 0.397 e. The molecule has 1 aromatic rings. The molecule has 0 spiro atoms. The van der Waals surface area contributed by atoms with E-state index in [1.165, 1.54) is 0 Å². The van der Waals surface area contributed by atoms with Crippen molar-refractivity contribution in [3.05, 3.63) is 18.2 Å². The maximum atomic E-state index is 11.6. The summed E-state index contributed by atoms with van der Waals surface area (Å²) in [6.07, 6.45) is 1.64. The quantitative estimate of drug-likeness (QED) is 0.714. The van der Waals surface area contributed by atoms with E-state index in [1.54, 1.807) is 0 Å². The molecule has 2 heterocycles. The molecule has 2 aliphatic rings. The zero-order valence-electron chi connectivity index (χ0n) is 10.3. The van der Waals surface area contributed by atoms with Crippen molar-refractivity contribution in [3.63, 3.8) is 0 Å². The van der Waals surface area contributed by atoms with Crippen LogP contribution in [0.1, 0.15) is 12.8 Å². The summed E-state index contributed by atoms with van der Waals surface area (Å²) in [5, 5.41) is 0. The van der Waals surface area contributed by atoms with Gasteiger partial charge in [0.05, 0.1) is 17.1 Å². The number of rotatable bonds is 1. The summed E-state index contributed by atoms with van der Waals surface area (Å²) in [4.78, 5) is 15.9. The minimum absolute atomic E-state index is 0.292. The number of carbonyl (C=O) groups excluding carboxylic acids is 1. The molecule has 1 unspecified atom stereocenters. The van der Waals surface area contributed by atoms with Gasteiger partial charge in [0.2, 0.25) is 5.91 Å². The summed E-state index contributed by atoms with van der Waals surface area (Å²) in [6, 6.07) is 6.08. The number of fused-ring (bicyclic) bond motifs is 1. The first-order valence-electron chi connectivity index (χ1n) is 6.35. The Balaban J connectivity index is 1.83. The highest BCUT2D eigenvalue weighted by atomic mass is 16.2. The topological polar surface area (TPSA) is 75.6 Å². The van der Waals surface area contributed by atoms with Gasteiger partial charge in [0, 0.05) is 32.1 Å². The molecule has 3 rings (SSSR count). The summed E-state index contributed by atoms with van der Waals surface area (Å²) in [5.41, 5.74) is 14.1. The third kappa shape index (κ3) is 1.66. The average Bonchev–Trinajstić information content (AvgIpc) is 2.74. The van der Waals surface area contributed by atoms with Gasteiger partial charge in [-0.25, -0.2) is 0 Å². The summed E-state index contributed by atoms with van der Waals surface area (Å²) in [6.45, 7) is 2.48. The van der Waals surface area contributed by atoms with Gasteiger partial charge in [0.1, 0.15) is 0 Å². The number of nitrogens with zero attached hydrogens (tertiary/aromatic N) is 2. The van der Waals surface area contributed by atoms with Crippen LogP contribution in [0.25, 0.3) is 0 Å². The third-order valence-corrected chi connectivity index (χ3v) is 3.95. The van der Waals surface area contributed by atoms with Crippen LogP contribution in [0.4, 0.5) is 17.1 Å².